The molecule has 0 aliphatic heterocycles. The van der Waals surface area contributed by atoms with Crippen molar-refractivity contribution in [3.8, 4) is 0 Å². The molecule has 1 aromatic rings. The minimum absolute atomic E-state index is 0.239. The normalized spacial score (nSPS) is 11.9. The van der Waals surface area contributed by atoms with Gasteiger partial charge in [-0.2, -0.15) is 0 Å². The van der Waals surface area contributed by atoms with E-state index in [9.17, 15) is 4.79 Å². The van der Waals surface area contributed by atoms with Crippen molar-refractivity contribution in [2.45, 2.75) is 17.3 Å². The van der Waals surface area contributed by atoms with Gasteiger partial charge in [-0.3, -0.25) is 0 Å². The quantitative estimate of drug-likeness (QED) is 0.350. The van der Waals surface area contributed by atoms with Gasteiger partial charge in [0.05, 0.1) is 0 Å². The van der Waals surface area contributed by atoms with Crippen LogP contribution in [0.1, 0.15) is 6.92 Å². The first-order valence-corrected chi connectivity index (χ1v) is 5.63. The Labute approximate surface area is 98.3 Å². The summed E-state index contributed by atoms with van der Waals surface area (Å²) in [5.74, 6) is -0.413. The number of benzene rings is 1. The smallest absolute Gasteiger partial charge is 0.331 e. The van der Waals surface area contributed by atoms with Gasteiger partial charge in [-0.1, -0.05) is 29.9 Å². The summed E-state index contributed by atoms with van der Waals surface area (Å²) in [5, 5.41) is 0.690. The van der Waals surface area contributed by atoms with Gasteiger partial charge in [0.15, 0.2) is 0 Å². The SMILES string of the molecule is C=CC(=O)OC(C)Sc1ccc(Cl)cc1. The zero-order chi connectivity index (χ0) is 11.3. The summed E-state index contributed by atoms with van der Waals surface area (Å²) in [6.07, 6.45) is 1.15. The lowest BCUT2D eigenvalue weighted by Gasteiger charge is -2.10. The fourth-order valence-electron chi connectivity index (χ4n) is 0.941. The van der Waals surface area contributed by atoms with E-state index in [1.807, 2.05) is 12.1 Å². The summed E-state index contributed by atoms with van der Waals surface area (Å²) in [4.78, 5) is 11.9. The summed E-state index contributed by atoms with van der Waals surface area (Å²) in [6, 6.07) is 7.36. The van der Waals surface area contributed by atoms with Crippen LogP contribution in [-0.2, 0) is 9.53 Å². The number of ether oxygens (including phenoxy) is 1. The highest BCUT2D eigenvalue weighted by molar-refractivity contribution is 7.99. The standard InChI is InChI=1S/C11H11ClO2S/c1-3-11(13)14-8(2)15-10-6-4-9(12)5-7-10/h3-8H,1H2,2H3. The highest BCUT2D eigenvalue weighted by Crippen LogP contribution is 2.25. The van der Waals surface area contributed by atoms with E-state index in [2.05, 4.69) is 6.58 Å². The van der Waals surface area contributed by atoms with Crippen molar-refractivity contribution in [3.05, 3.63) is 41.9 Å². The van der Waals surface area contributed by atoms with E-state index in [0.29, 0.717) is 5.02 Å². The lowest BCUT2D eigenvalue weighted by molar-refractivity contribution is -0.138. The maximum Gasteiger partial charge on any atom is 0.331 e. The van der Waals surface area contributed by atoms with Crippen LogP contribution in [0.25, 0.3) is 0 Å². The van der Waals surface area contributed by atoms with Crippen molar-refractivity contribution in [2.75, 3.05) is 0 Å². The van der Waals surface area contributed by atoms with Gasteiger partial charge in [-0.25, -0.2) is 4.79 Å². The molecule has 0 radical (unpaired) electrons. The van der Waals surface area contributed by atoms with Gasteiger partial charge in [0, 0.05) is 16.0 Å². The molecular formula is C11H11ClO2S. The van der Waals surface area contributed by atoms with E-state index >= 15 is 0 Å². The number of hydrogen-bond acceptors (Lipinski definition) is 3. The van der Waals surface area contributed by atoms with Gasteiger partial charge in [0.2, 0.25) is 0 Å². The molecule has 0 aromatic heterocycles. The largest absolute Gasteiger partial charge is 0.448 e. The summed E-state index contributed by atoms with van der Waals surface area (Å²) in [6.45, 7) is 5.14. The van der Waals surface area contributed by atoms with E-state index in [0.717, 1.165) is 11.0 Å². The first-order chi connectivity index (χ1) is 7.11. The topological polar surface area (TPSA) is 26.3 Å². The number of carbonyl (C=O) groups excluding carboxylic acids is 1. The molecule has 0 saturated heterocycles. The Morgan fingerprint density at radius 1 is 1.53 bits per heavy atom. The molecule has 0 amide bonds. The lowest BCUT2D eigenvalue weighted by atomic mass is 10.4. The molecule has 0 fully saturated rings. The molecule has 80 valence electrons. The van der Waals surface area contributed by atoms with E-state index < -0.39 is 5.97 Å². The lowest BCUT2D eigenvalue weighted by Crippen LogP contribution is -2.08. The number of esters is 1. The van der Waals surface area contributed by atoms with E-state index in [4.69, 9.17) is 16.3 Å². The Morgan fingerprint density at radius 2 is 2.13 bits per heavy atom. The van der Waals surface area contributed by atoms with Gasteiger partial charge in [-0.15, -0.1) is 0 Å². The summed E-state index contributed by atoms with van der Waals surface area (Å²) in [5.41, 5.74) is -0.239. The van der Waals surface area contributed by atoms with Crippen LogP contribution in [0.5, 0.6) is 0 Å². The maximum atomic E-state index is 10.9. The van der Waals surface area contributed by atoms with E-state index in [1.54, 1.807) is 19.1 Å². The van der Waals surface area contributed by atoms with Crippen LogP contribution >= 0.6 is 23.4 Å². The third-order valence-corrected chi connectivity index (χ3v) is 2.79. The summed E-state index contributed by atoms with van der Waals surface area (Å²) in [7, 11) is 0. The maximum absolute atomic E-state index is 10.9. The number of thioether (sulfide) groups is 1. The average molecular weight is 243 g/mol. The second-order valence-corrected chi connectivity index (χ2v) is 4.59. The first-order valence-electron chi connectivity index (χ1n) is 4.37. The third-order valence-electron chi connectivity index (χ3n) is 1.56. The van der Waals surface area contributed by atoms with Crippen LogP contribution in [0.2, 0.25) is 5.02 Å². The third kappa shape index (κ3) is 4.40. The van der Waals surface area contributed by atoms with Crippen molar-refractivity contribution >= 4 is 29.3 Å². The molecule has 1 rings (SSSR count). The molecule has 1 atom stereocenters. The number of hydrogen-bond donors (Lipinski definition) is 0. The van der Waals surface area contributed by atoms with Crippen molar-refractivity contribution in [3.63, 3.8) is 0 Å². The molecule has 1 unspecified atom stereocenters. The van der Waals surface area contributed by atoms with Crippen LogP contribution < -0.4 is 0 Å². The minimum atomic E-state index is -0.413. The van der Waals surface area contributed by atoms with Crippen molar-refractivity contribution in [1.29, 1.82) is 0 Å². The van der Waals surface area contributed by atoms with Gasteiger partial charge < -0.3 is 4.74 Å². The molecule has 0 heterocycles. The highest BCUT2D eigenvalue weighted by atomic mass is 35.5. The van der Waals surface area contributed by atoms with Crippen molar-refractivity contribution in [2.24, 2.45) is 0 Å². The van der Waals surface area contributed by atoms with E-state index in [-0.39, 0.29) is 5.44 Å². The zero-order valence-corrected chi connectivity index (χ0v) is 9.85. The van der Waals surface area contributed by atoms with Crippen molar-refractivity contribution < 1.29 is 9.53 Å². The van der Waals surface area contributed by atoms with Crippen LogP contribution in [-0.4, -0.2) is 11.4 Å². The van der Waals surface area contributed by atoms with Crippen LogP contribution in [0, 0.1) is 0 Å². The average Bonchev–Trinajstić information content (AvgIpc) is 2.21. The van der Waals surface area contributed by atoms with Crippen molar-refractivity contribution in [1.82, 2.24) is 0 Å². The second-order valence-electron chi connectivity index (χ2n) is 2.78. The minimum Gasteiger partial charge on any atom is -0.448 e. The first kappa shape index (κ1) is 12.1. The molecule has 0 N–H and O–H groups in total. The highest BCUT2D eigenvalue weighted by Gasteiger charge is 2.07. The Morgan fingerprint density at radius 3 is 2.67 bits per heavy atom. The van der Waals surface area contributed by atoms with Crippen LogP contribution in [0.15, 0.2) is 41.8 Å². The number of halogens is 1. The summed E-state index contributed by atoms with van der Waals surface area (Å²) < 4.78 is 5.01. The molecule has 0 aliphatic rings. The van der Waals surface area contributed by atoms with Gasteiger partial charge in [-0.05, 0) is 31.2 Å². The predicted octanol–water partition coefficient (Wildman–Crippen LogP) is 3.51. The molecule has 15 heavy (non-hydrogen) atoms. The van der Waals surface area contributed by atoms with Gasteiger partial charge in [0.1, 0.15) is 5.44 Å². The fraction of sp³-hybridized carbons (Fsp3) is 0.182. The van der Waals surface area contributed by atoms with Gasteiger partial charge >= 0.3 is 5.97 Å². The van der Waals surface area contributed by atoms with Crippen LogP contribution in [0.3, 0.4) is 0 Å². The number of carbonyl (C=O) groups is 1. The molecular weight excluding hydrogens is 232 g/mol. The predicted molar refractivity (Wildman–Crippen MR) is 63.1 cm³/mol. The Hall–Kier alpha value is -0.930. The molecule has 0 aliphatic carbocycles. The molecule has 0 bridgehead atoms. The molecule has 0 spiro atoms. The zero-order valence-electron chi connectivity index (χ0n) is 8.27. The Kier molecular flexibility index (Phi) is 4.72. The fourth-order valence-corrected chi connectivity index (χ4v) is 1.89. The molecule has 0 saturated carbocycles. The Balaban J connectivity index is 2.51. The van der Waals surface area contributed by atoms with E-state index in [1.165, 1.54) is 11.8 Å². The molecule has 2 nitrogen and oxygen atoms in total. The van der Waals surface area contributed by atoms with Crippen LogP contribution in [0.4, 0.5) is 0 Å². The Bertz CT molecular complexity index is 348. The number of rotatable bonds is 4. The molecule has 1 aromatic carbocycles. The molecule has 4 heteroatoms. The summed E-state index contributed by atoms with van der Waals surface area (Å²) >= 11 is 7.19. The monoisotopic (exact) mass is 242 g/mol. The van der Waals surface area contributed by atoms with Gasteiger partial charge in [0.25, 0.3) is 0 Å². The second kappa shape index (κ2) is 5.83.